The van der Waals surface area contributed by atoms with Gasteiger partial charge in [0.05, 0.1) is 16.7 Å². The summed E-state index contributed by atoms with van der Waals surface area (Å²) in [6.45, 7) is 4.24. The Bertz CT molecular complexity index is 567. The predicted octanol–water partition coefficient (Wildman–Crippen LogP) is 3.81. The van der Waals surface area contributed by atoms with Crippen LogP contribution in [0, 0.1) is 0 Å². The maximum absolute atomic E-state index is 6.15. The fourth-order valence-electron chi connectivity index (χ4n) is 2.57. The molecule has 23 heavy (non-hydrogen) atoms. The lowest BCUT2D eigenvalue weighted by molar-refractivity contribution is 0.441. The molecule has 4 nitrogen and oxygen atoms in total. The number of nitrogens with two attached hydrogens (primary N) is 2. The van der Waals surface area contributed by atoms with E-state index in [1.807, 2.05) is 30.5 Å². The number of benzene rings is 1. The average Bonchev–Trinajstić information content (AvgIpc) is 2.53. The Labute approximate surface area is 151 Å². The first kappa shape index (κ1) is 22.1. The lowest BCUT2D eigenvalue weighted by atomic mass is 9.89. The third-order valence-electron chi connectivity index (χ3n) is 4.11. The van der Waals surface area contributed by atoms with Crippen molar-refractivity contribution in [1.82, 2.24) is 9.97 Å². The van der Waals surface area contributed by atoms with Crippen molar-refractivity contribution in [2.75, 3.05) is 0 Å². The summed E-state index contributed by atoms with van der Waals surface area (Å²) in [6, 6.07) is 8.33. The SMILES string of the molecule is CCC(N)CC(CC(N)CC)c1cnc2ccccc2n1.Cl.Cl. The van der Waals surface area contributed by atoms with Gasteiger partial charge in [-0.05, 0) is 37.8 Å². The highest BCUT2D eigenvalue weighted by Gasteiger charge is 2.19. The summed E-state index contributed by atoms with van der Waals surface area (Å²) in [4.78, 5) is 9.30. The number of aromatic nitrogens is 2. The molecule has 2 rings (SSSR count). The van der Waals surface area contributed by atoms with E-state index in [1.54, 1.807) is 0 Å². The Morgan fingerprint density at radius 3 is 1.96 bits per heavy atom. The molecule has 130 valence electrons. The first-order valence-corrected chi connectivity index (χ1v) is 7.86. The first-order chi connectivity index (χ1) is 10.1. The second-order valence-corrected chi connectivity index (χ2v) is 5.79. The lowest BCUT2D eigenvalue weighted by Gasteiger charge is -2.22. The van der Waals surface area contributed by atoms with E-state index in [4.69, 9.17) is 16.5 Å². The van der Waals surface area contributed by atoms with Crippen molar-refractivity contribution in [3.63, 3.8) is 0 Å². The van der Waals surface area contributed by atoms with E-state index in [0.29, 0.717) is 0 Å². The Kier molecular flexibility index (Phi) is 10.3. The van der Waals surface area contributed by atoms with Gasteiger partial charge < -0.3 is 11.5 Å². The minimum atomic E-state index is 0. The van der Waals surface area contributed by atoms with E-state index in [9.17, 15) is 0 Å². The van der Waals surface area contributed by atoms with Gasteiger partial charge in [0.2, 0.25) is 0 Å². The zero-order valence-corrected chi connectivity index (χ0v) is 15.4. The van der Waals surface area contributed by atoms with Crippen LogP contribution in [0.2, 0.25) is 0 Å². The maximum Gasteiger partial charge on any atom is 0.0890 e. The molecule has 0 fully saturated rings. The van der Waals surface area contributed by atoms with Gasteiger partial charge in [0, 0.05) is 24.2 Å². The summed E-state index contributed by atoms with van der Waals surface area (Å²) in [6.07, 6.45) is 5.66. The van der Waals surface area contributed by atoms with Crippen LogP contribution >= 0.6 is 24.8 Å². The number of nitrogens with zero attached hydrogens (tertiary/aromatic N) is 2. The summed E-state index contributed by atoms with van der Waals surface area (Å²) in [5.41, 5.74) is 15.2. The standard InChI is InChI=1S/C17H26N4.2ClH/c1-3-13(18)9-12(10-14(19)4-2)17-11-20-15-7-5-6-8-16(15)21-17;;/h5-8,11-14H,3-4,9-10,18-19H2,1-2H3;2*1H. The molecule has 0 saturated carbocycles. The molecular formula is C17H28Cl2N4. The minimum absolute atomic E-state index is 0. The third kappa shape index (κ3) is 6.22. The predicted molar refractivity (Wildman–Crippen MR) is 103 cm³/mol. The highest BCUT2D eigenvalue weighted by atomic mass is 35.5. The van der Waals surface area contributed by atoms with Crippen molar-refractivity contribution in [3.8, 4) is 0 Å². The maximum atomic E-state index is 6.15. The molecule has 0 aliphatic heterocycles. The average molecular weight is 359 g/mol. The van der Waals surface area contributed by atoms with Crippen molar-refractivity contribution in [3.05, 3.63) is 36.2 Å². The van der Waals surface area contributed by atoms with Gasteiger partial charge in [-0.3, -0.25) is 4.98 Å². The van der Waals surface area contributed by atoms with E-state index in [0.717, 1.165) is 42.4 Å². The van der Waals surface area contributed by atoms with Crippen LogP contribution in [0.5, 0.6) is 0 Å². The number of fused-ring (bicyclic) bond motifs is 1. The Balaban J connectivity index is 0.00000242. The van der Waals surface area contributed by atoms with Gasteiger partial charge in [0.1, 0.15) is 0 Å². The van der Waals surface area contributed by atoms with Crippen LogP contribution in [0.25, 0.3) is 11.0 Å². The monoisotopic (exact) mass is 358 g/mol. The highest BCUT2D eigenvalue weighted by Crippen LogP contribution is 2.26. The molecule has 1 aromatic heterocycles. The summed E-state index contributed by atoms with van der Waals surface area (Å²) in [7, 11) is 0. The topological polar surface area (TPSA) is 77.8 Å². The summed E-state index contributed by atoms with van der Waals surface area (Å²) in [5, 5.41) is 0. The van der Waals surface area contributed by atoms with Crippen LogP contribution in [-0.4, -0.2) is 22.1 Å². The van der Waals surface area contributed by atoms with E-state index < -0.39 is 0 Å². The summed E-state index contributed by atoms with van der Waals surface area (Å²) in [5.74, 6) is 0.284. The van der Waals surface area contributed by atoms with E-state index in [1.165, 1.54) is 0 Å². The Morgan fingerprint density at radius 2 is 1.43 bits per heavy atom. The zero-order chi connectivity index (χ0) is 15.2. The fraction of sp³-hybridized carbons (Fsp3) is 0.529. The second-order valence-electron chi connectivity index (χ2n) is 5.79. The van der Waals surface area contributed by atoms with Crippen molar-refractivity contribution < 1.29 is 0 Å². The fourth-order valence-corrected chi connectivity index (χ4v) is 2.57. The smallest absolute Gasteiger partial charge is 0.0890 e. The molecule has 0 saturated heterocycles. The second kappa shape index (κ2) is 10.8. The number of halogens is 2. The van der Waals surface area contributed by atoms with E-state index in [2.05, 4.69) is 18.8 Å². The number of para-hydroxylation sites is 2. The molecule has 0 amide bonds. The molecule has 2 aromatic rings. The molecule has 6 heteroatoms. The number of hydrogen-bond acceptors (Lipinski definition) is 4. The molecule has 2 atom stereocenters. The molecule has 0 aliphatic carbocycles. The van der Waals surface area contributed by atoms with Crippen LogP contribution in [0.15, 0.2) is 30.5 Å². The Morgan fingerprint density at radius 1 is 0.913 bits per heavy atom. The molecule has 4 N–H and O–H groups in total. The van der Waals surface area contributed by atoms with Gasteiger partial charge in [-0.1, -0.05) is 26.0 Å². The van der Waals surface area contributed by atoms with Crippen molar-refractivity contribution in [2.24, 2.45) is 11.5 Å². The Hall–Kier alpha value is -0.940. The van der Waals surface area contributed by atoms with Gasteiger partial charge in [-0.15, -0.1) is 24.8 Å². The largest absolute Gasteiger partial charge is 0.328 e. The molecule has 2 unspecified atom stereocenters. The van der Waals surface area contributed by atoms with Gasteiger partial charge in [0.15, 0.2) is 0 Å². The molecule has 0 radical (unpaired) electrons. The van der Waals surface area contributed by atoms with Crippen molar-refractivity contribution in [2.45, 2.75) is 57.5 Å². The van der Waals surface area contributed by atoms with Crippen LogP contribution in [0.3, 0.4) is 0 Å². The van der Waals surface area contributed by atoms with Crippen LogP contribution < -0.4 is 11.5 Å². The molecular weight excluding hydrogens is 331 g/mol. The molecule has 0 aliphatic rings. The van der Waals surface area contributed by atoms with Crippen LogP contribution in [-0.2, 0) is 0 Å². The highest BCUT2D eigenvalue weighted by molar-refractivity contribution is 5.85. The van der Waals surface area contributed by atoms with E-state index >= 15 is 0 Å². The lowest BCUT2D eigenvalue weighted by Crippen LogP contribution is -2.27. The quantitative estimate of drug-likeness (QED) is 0.788. The number of hydrogen-bond donors (Lipinski definition) is 2. The van der Waals surface area contributed by atoms with Gasteiger partial charge in [-0.2, -0.15) is 0 Å². The van der Waals surface area contributed by atoms with Gasteiger partial charge >= 0.3 is 0 Å². The van der Waals surface area contributed by atoms with Gasteiger partial charge in [0.25, 0.3) is 0 Å². The first-order valence-electron chi connectivity index (χ1n) is 7.86. The molecule has 1 aromatic carbocycles. The summed E-state index contributed by atoms with van der Waals surface area (Å²) >= 11 is 0. The van der Waals surface area contributed by atoms with Crippen LogP contribution in [0.4, 0.5) is 0 Å². The van der Waals surface area contributed by atoms with E-state index in [-0.39, 0.29) is 42.8 Å². The zero-order valence-electron chi connectivity index (χ0n) is 13.8. The third-order valence-corrected chi connectivity index (χ3v) is 4.11. The molecule has 0 spiro atoms. The number of rotatable bonds is 7. The van der Waals surface area contributed by atoms with Crippen molar-refractivity contribution in [1.29, 1.82) is 0 Å². The minimum Gasteiger partial charge on any atom is -0.328 e. The normalized spacial score (nSPS) is 14.4. The summed E-state index contributed by atoms with van der Waals surface area (Å²) < 4.78 is 0. The van der Waals surface area contributed by atoms with Crippen LogP contribution in [0.1, 0.15) is 51.1 Å². The molecule has 1 heterocycles. The molecule has 0 bridgehead atoms. The van der Waals surface area contributed by atoms with Gasteiger partial charge in [-0.25, -0.2) is 4.98 Å². The van der Waals surface area contributed by atoms with Crippen molar-refractivity contribution >= 4 is 35.8 Å².